The lowest BCUT2D eigenvalue weighted by atomic mass is 10.1. The molecule has 1 aromatic heterocycles. The summed E-state index contributed by atoms with van der Waals surface area (Å²) in [6, 6.07) is 16.6. The van der Waals surface area contributed by atoms with Crippen molar-refractivity contribution in [1.29, 1.82) is 0 Å². The molecule has 2 N–H and O–H groups in total. The molecule has 3 aromatic rings. The number of hydrogen-bond acceptors (Lipinski definition) is 3. The summed E-state index contributed by atoms with van der Waals surface area (Å²) in [5, 5.41) is 13.2. The van der Waals surface area contributed by atoms with Crippen LogP contribution in [0.3, 0.4) is 0 Å². The molecule has 0 aliphatic rings. The van der Waals surface area contributed by atoms with E-state index in [4.69, 9.17) is 11.6 Å². The monoisotopic (exact) mass is 354 g/mol. The number of carboxylic acid groups (broad SMARTS) is 1. The van der Waals surface area contributed by atoms with Crippen LogP contribution in [-0.2, 0) is 11.2 Å². The SMILES string of the molecule is O=C(N[C@H](Cc1ccc2ccccc2n1)C(=O)O)c1ccccc1Cl. The minimum Gasteiger partial charge on any atom is -0.480 e. The number of rotatable bonds is 5. The maximum absolute atomic E-state index is 12.3. The molecule has 1 amide bonds. The minimum absolute atomic E-state index is 0.0797. The molecule has 0 aliphatic carbocycles. The zero-order valence-electron chi connectivity index (χ0n) is 13.1. The van der Waals surface area contributed by atoms with Gasteiger partial charge >= 0.3 is 5.97 Å². The number of amides is 1. The van der Waals surface area contributed by atoms with Crippen molar-refractivity contribution >= 4 is 34.4 Å². The average Bonchev–Trinajstić information content (AvgIpc) is 2.61. The topological polar surface area (TPSA) is 79.3 Å². The lowest BCUT2D eigenvalue weighted by Crippen LogP contribution is -2.42. The number of nitrogens with zero attached hydrogens (tertiary/aromatic N) is 1. The molecule has 126 valence electrons. The standard InChI is InChI=1S/C19H15ClN2O3/c20-15-7-3-2-6-14(15)18(23)22-17(19(24)25)11-13-10-9-12-5-1-4-8-16(12)21-13/h1-10,17H,11H2,(H,22,23)(H,24,25)/t17-/m1/s1. The van der Waals surface area contributed by atoms with E-state index in [1.54, 1.807) is 30.3 Å². The van der Waals surface area contributed by atoms with Gasteiger partial charge in [0.15, 0.2) is 0 Å². The molecule has 0 aliphatic heterocycles. The number of benzene rings is 2. The quantitative estimate of drug-likeness (QED) is 0.736. The number of carbonyl (C=O) groups is 2. The predicted molar refractivity (Wildman–Crippen MR) is 95.8 cm³/mol. The number of fused-ring (bicyclic) bond motifs is 1. The molecule has 0 radical (unpaired) electrons. The van der Waals surface area contributed by atoms with Crippen LogP contribution in [0, 0.1) is 0 Å². The number of carbonyl (C=O) groups excluding carboxylic acids is 1. The summed E-state index contributed by atoms with van der Waals surface area (Å²) in [5.41, 5.74) is 1.61. The highest BCUT2D eigenvalue weighted by Crippen LogP contribution is 2.16. The Kier molecular flexibility index (Phi) is 4.95. The van der Waals surface area contributed by atoms with Gasteiger partial charge in [-0.3, -0.25) is 9.78 Å². The van der Waals surface area contributed by atoms with Crippen LogP contribution in [0.5, 0.6) is 0 Å². The first-order valence-electron chi connectivity index (χ1n) is 7.67. The van der Waals surface area contributed by atoms with Crippen LogP contribution in [0.4, 0.5) is 0 Å². The van der Waals surface area contributed by atoms with Crippen LogP contribution >= 0.6 is 11.6 Å². The van der Waals surface area contributed by atoms with E-state index in [2.05, 4.69) is 10.3 Å². The first kappa shape index (κ1) is 16.9. The highest BCUT2D eigenvalue weighted by atomic mass is 35.5. The fourth-order valence-corrected chi connectivity index (χ4v) is 2.73. The molecule has 6 heteroatoms. The van der Waals surface area contributed by atoms with Gasteiger partial charge in [0.1, 0.15) is 6.04 Å². The molecule has 25 heavy (non-hydrogen) atoms. The minimum atomic E-state index is -1.13. The Bertz CT molecular complexity index is 943. The molecular formula is C19H15ClN2O3. The van der Waals surface area contributed by atoms with Crippen molar-refractivity contribution in [3.63, 3.8) is 0 Å². The van der Waals surface area contributed by atoms with Crippen LogP contribution in [0.15, 0.2) is 60.7 Å². The van der Waals surface area contributed by atoms with Gasteiger partial charge in [0.25, 0.3) is 5.91 Å². The van der Waals surface area contributed by atoms with Gasteiger partial charge in [-0.15, -0.1) is 0 Å². The summed E-state index contributed by atoms with van der Waals surface area (Å²) in [7, 11) is 0. The molecule has 0 unspecified atom stereocenters. The zero-order chi connectivity index (χ0) is 17.8. The lowest BCUT2D eigenvalue weighted by molar-refractivity contribution is -0.139. The highest BCUT2D eigenvalue weighted by molar-refractivity contribution is 6.33. The Balaban J connectivity index is 1.80. The van der Waals surface area contributed by atoms with Crippen molar-refractivity contribution in [1.82, 2.24) is 10.3 Å². The third-order valence-electron chi connectivity index (χ3n) is 3.79. The van der Waals surface area contributed by atoms with E-state index < -0.39 is 17.9 Å². The first-order chi connectivity index (χ1) is 12.0. The Hall–Kier alpha value is -2.92. The van der Waals surface area contributed by atoms with Crippen LogP contribution in [-0.4, -0.2) is 28.0 Å². The Morgan fingerprint density at radius 2 is 1.76 bits per heavy atom. The Morgan fingerprint density at radius 3 is 2.52 bits per heavy atom. The van der Waals surface area contributed by atoms with Gasteiger partial charge in [0, 0.05) is 17.5 Å². The number of hydrogen-bond donors (Lipinski definition) is 2. The Morgan fingerprint density at radius 1 is 1.04 bits per heavy atom. The highest BCUT2D eigenvalue weighted by Gasteiger charge is 2.22. The zero-order valence-corrected chi connectivity index (χ0v) is 13.9. The van der Waals surface area contributed by atoms with Crippen LogP contribution in [0.1, 0.15) is 16.1 Å². The normalized spacial score (nSPS) is 11.9. The summed E-state index contributed by atoms with van der Waals surface area (Å²) in [4.78, 5) is 28.3. The average molecular weight is 355 g/mol. The summed E-state index contributed by atoms with van der Waals surface area (Å²) < 4.78 is 0. The molecule has 0 saturated carbocycles. The van der Waals surface area contributed by atoms with E-state index in [-0.39, 0.29) is 17.0 Å². The van der Waals surface area contributed by atoms with Crippen molar-refractivity contribution < 1.29 is 14.7 Å². The van der Waals surface area contributed by atoms with Crippen LogP contribution < -0.4 is 5.32 Å². The van der Waals surface area contributed by atoms with Gasteiger partial charge in [-0.05, 0) is 24.3 Å². The van der Waals surface area contributed by atoms with Crippen molar-refractivity contribution in [2.45, 2.75) is 12.5 Å². The second-order valence-electron chi connectivity index (χ2n) is 5.54. The van der Waals surface area contributed by atoms with E-state index in [1.807, 2.05) is 30.3 Å². The first-order valence-corrected chi connectivity index (χ1v) is 8.05. The number of pyridine rings is 1. The number of carboxylic acids is 1. The molecule has 1 heterocycles. The van der Waals surface area contributed by atoms with Gasteiger partial charge in [-0.25, -0.2) is 4.79 Å². The largest absolute Gasteiger partial charge is 0.480 e. The molecular weight excluding hydrogens is 340 g/mol. The van der Waals surface area contributed by atoms with Crippen molar-refractivity contribution in [2.24, 2.45) is 0 Å². The summed E-state index contributed by atoms with van der Waals surface area (Å²) in [6.45, 7) is 0. The van der Waals surface area contributed by atoms with E-state index >= 15 is 0 Å². The van der Waals surface area contributed by atoms with Crippen molar-refractivity contribution in [3.05, 3.63) is 76.9 Å². The summed E-state index contributed by atoms with van der Waals surface area (Å²) in [5.74, 6) is -1.66. The summed E-state index contributed by atoms with van der Waals surface area (Å²) >= 11 is 5.99. The third-order valence-corrected chi connectivity index (χ3v) is 4.12. The van der Waals surface area contributed by atoms with E-state index in [9.17, 15) is 14.7 Å². The molecule has 3 rings (SSSR count). The molecule has 0 saturated heterocycles. The van der Waals surface area contributed by atoms with E-state index in [1.165, 1.54) is 0 Å². The predicted octanol–water partition coefficient (Wildman–Crippen LogP) is 3.31. The smallest absolute Gasteiger partial charge is 0.326 e. The third kappa shape index (κ3) is 3.95. The van der Waals surface area contributed by atoms with Crippen LogP contribution in [0.25, 0.3) is 10.9 Å². The fourth-order valence-electron chi connectivity index (χ4n) is 2.51. The van der Waals surface area contributed by atoms with Gasteiger partial charge in [0.05, 0.1) is 16.1 Å². The Labute approximate surface area is 149 Å². The second kappa shape index (κ2) is 7.32. The van der Waals surface area contributed by atoms with E-state index in [0.29, 0.717) is 5.69 Å². The van der Waals surface area contributed by atoms with Crippen molar-refractivity contribution in [3.8, 4) is 0 Å². The van der Waals surface area contributed by atoms with Gasteiger partial charge in [0.2, 0.25) is 0 Å². The van der Waals surface area contributed by atoms with Crippen LogP contribution in [0.2, 0.25) is 5.02 Å². The number of halogens is 1. The molecule has 5 nitrogen and oxygen atoms in total. The lowest BCUT2D eigenvalue weighted by Gasteiger charge is -2.15. The van der Waals surface area contributed by atoms with Gasteiger partial charge in [-0.1, -0.05) is 48.0 Å². The number of aromatic nitrogens is 1. The maximum atomic E-state index is 12.3. The molecule has 0 bridgehead atoms. The number of aliphatic carboxylic acids is 1. The number of para-hydroxylation sites is 1. The molecule has 2 aromatic carbocycles. The molecule has 1 atom stereocenters. The van der Waals surface area contributed by atoms with Gasteiger partial charge < -0.3 is 10.4 Å². The molecule has 0 spiro atoms. The van der Waals surface area contributed by atoms with Crippen molar-refractivity contribution in [2.75, 3.05) is 0 Å². The second-order valence-corrected chi connectivity index (χ2v) is 5.95. The maximum Gasteiger partial charge on any atom is 0.326 e. The van der Waals surface area contributed by atoms with E-state index in [0.717, 1.165) is 10.9 Å². The van der Waals surface area contributed by atoms with Gasteiger partial charge in [-0.2, -0.15) is 0 Å². The summed E-state index contributed by atoms with van der Waals surface area (Å²) in [6.07, 6.45) is 0.0797. The number of nitrogens with one attached hydrogen (secondary N) is 1. The molecule has 0 fully saturated rings. The fraction of sp³-hybridized carbons (Fsp3) is 0.105.